The van der Waals surface area contributed by atoms with Crippen LogP contribution in [0.4, 0.5) is 4.39 Å². The molecule has 3 heterocycles. The number of rotatable bonds is 9. The molecule has 0 radical (unpaired) electrons. The predicted octanol–water partition coefficient (Wildman–Crippen LogP) is 1.79. The largest absolute Gasteiger partial charge is 0.494 e. The summed E-state index contributed by atoms with van der Waals surface area (Å²) >= 11 is 0. The molecule has 0 bridgehead atoms. The van der Waals surface area contributed by atoms with Crippen LogP contribution in [0.3, 0.4) is 0 Å². The highest BCUT2D eigenvalue weighted by molar-refractivity contribution is 7.89. The zero-order chi connectivity index (χ0) is 25.9. The number of nitrogens with one attached hydrogen (secondary N) is 1. The van der Waals surface area contributed by atoms with E-state index < -0.39 is 22.7 Å². The first-order valence-corrected chi connectivity index (χ1v) is 14.3. The van der Waals surface area contributed by atoms with Crippen LogP contribution in [0.25, 0.3) is 0 Å². The van der Waals surface area contributed by atoms with Gasteiger partial charge in [0.15, 0.2) is 0 Å². The summed E-state index contributed by atoms with van der Waals surface area (Å²) in [4.78, 5) is 19.3. The molecule has 0 spiro atoms. The van der Waals surface area contributed by atoms with E-state index in [1.165, 1.54) is 4.31 Å². The first-order chi connectivity index (χ1) is 17.3. The zero-order valence-corrected chi connectivity index (χ0v) is 22.3. The van der Waals surface area contributed by atoms with E-state index in [0.29, 0.717) is 76.0 Å². The van der Waals surface area contributed by atoms with Gasteiger partial charge >= 0.3 is 0 Å². The van der Waals surface area contributed by atoms with Gasteiger partial charge in [-0.1, -0.05) is 6.92 Å². The van der Waals surface area contributed by atoms with E-state index in [0.717, 1.165) is 18.5 Å². The molecule has 1 atom stereocenters. The van der Waals surface area contributed by atoms with Crippen molar-refractivity contribution in [3.8, 4) is 5.75 Å². The third kappa shape index (κ3) is 5.39. The third-order valence-corrected chi connectivity index (χ3v) is 8.94. The Morgan fingerprint density at radius 2 is 1.92 bits per heavy atom. The topological polar surface area (TPSA) is 85.4 Å². The first-order valence-electron chi connectivity index (χ1n) is 12.8. The molecule has 1 fully saturated rings. The van der Waals surface area contributed by atoms with Crippen molar-refractivity contribution >= 4 is 15.9 Å². The first kappa shape index (κ1) is 26.8. The van der Waals surface area contributed by atoms with E-state index in [4.69, 9.17) is 4.74 Å². The fraction of sp³-hybridized carbons (Fsp3) is 0.640. The second-order valence-corrected chi connectivity index (χ2v) is 11.5. The Labute approximate surface area is 213 Å². The van der Waals surface area contributed by atoms with Gasteiger partial charge in [0.25, 0.3) is 5.91 Å². The minimum Gasteiger partial charge on any atom is -0.494 e. The fourth-order valence-electron chi connectivity index (χ4n) is 5.43. The van der Waals surface area contributed by atoms with Crippen LogP contribution in [0.1, 0.15) is 38.3 Å². The predicted molar refractivity (Wildman–Crippen MR) is 136 cm³/mol. The SMILES string of the molecule is CCCN1CC2=C(C(=O)NC2c2cc(S(=O)(=O)N3CCCN(CCF)CC3)ccc2OCC)N(C)C1. The van der Waals surface area contributed by atoms with Gasteiger partial charge in [-0.15, -0.1) is 0 Å². The van der Waals surface area contributed by atoms with Crippen molar-refractivity contribution in [1.29, 1.82) is 0 Å². The lowest BCUT2D eigenvalue weighted by molar-refractivity contribution is -0.118. The number of ether oxygens (including phenoxy) is 1. The minimum atomic E-state index is -3.77. The second kappa shape index (κ2) is 11.5. The van der Waals surface area contributed by atoms with Crippen molar-refractivity contribution in [3.63, 3.8) is 0 Å². The Bertz CT molecular complexity index is 1100. The summed E-state index contributed by atoms with van der Waals surface area (Å²) in [5, 5.41) is 3.08. The van der Waals surface area contributed by atoms with Crippen molar-refractivity contribution in [3.05, 3.63) is 35.0 Å². The summed E-state index contributed by atoms with van der Waals surface area (Å²) in [5.74, 6) is 0.417. The van der Waals surface area contributed by atoms with E-state index in [-0.39, 0.29) is 10.8 Å². The fourth-order valence-corrected chi connectivity index (χ4v) is 6.93. The molecule has 3 aliphatic heterocycles. The maximum atomic E-state index is 13.7. The average Bonchev–Trinajstić information content (AvgIpc) is 3.01. The number of hydrogen-bond acceptors (Lipinski definition) is 7. The highest BCUT2D eigenvalue weighted by Crippen LogP contribution is 2.39. The van der Waals surface area contributed by atoms with Gasteiger partial charge in [0.05, 0.1) is 24.2 Å². The Morgan fingerprint density at radius 3 is 2.64 bits per heavy atom. The monoisotopic (exact) mass is 523 g/mol. The summed E-state index contributed by atoms with van der Waals surface area (Å²) < 4.78 is 47.5. The van der Waals surface area contributed by atoms with Gasteiger partial charge in [0.2, 0.25) is 10.0 Å². The smallest absolute Gasteiger partial charge is 0.268 e. The number of likely N-dealkylation sites (N-methyl/N-ethyl adjacent to an activating group) is 1. The lowest BCUT2D eigenvalue weighted by Gasteiger charge is -2.35. The summed E-state index contributed by atoms with van der Waals surface area (Å²) in [6.07, 6.45) is 1.65. The molecule has 1 N–H and O–H groups in total. The molecule has 11 heteroatoms. The number of alkyl halides is 1. The van der Waals surface area contributed by atoms with Crippen molar-refractivity contribution in [1.82, 2.24) is 24.3 Å². The second-order valence-electron chi connectivity index (χ2n) is 9.59. The van der Waals surface area contributed by atoms with Crippen LogP contribution >= 0.6 is 0 Å². The van der Waals surface area contributed by atoms with E-state index in [2.05, 4.69) is 17.1 Å². The summed E-state index contributed by atoms with van der Waals surface area (Å²) in [6, 6.07) is 4.47. The third-order valence-electron chi connectivity index (χ3n) is 7.05. The lowest BCUT2D eigenvalue weighted by atomic mass is 9.97. The van der Waals surface area contributed by atoms with Crippen molar-refractivity contribution < 1.29 is 22.3 Å². The number of sulfonamides is 1. The molecular formula is C25H38FN5O4S. The highest BCUT2D eigenvalue weighted by atomic mass is 32.2. The van der Waals surface area contributed by atoms with Gasteiger partial charge < -0.3 is 15.0 Å². The molecule has 1 saturated heterocycles. The van der Waals surface area contributed by atoms with E-state index >= 15 is 0 Å². The maximum absolute atomic E-state index is 13.7. The van der Waals surface area contributed by atoms with Crippen molar-refractivity contribution in [2.45, 2.75) is 37.6 Å². The molecule has 9 nitrogen and oxygen atoms in total. The number of nitrogens with zero attached hydrogens (tertiary/aromatic N) is 4. The van der Waals surface area contributed by atoms with Gasteiger partial charge in [0, 0.05) is 45.3 Å². The summed E-state index contributed by atoms with van der Waals surface area (Å²) in [5.41, 5.74) is 2.25. The van der Waals surface area contributed by atoms with Crippen LogP contribution in [-0.2, 0) is 14.8 Å². The number of halogens is 1. The van der Waals surface area contributed by atoms with Crippen LogP contribution in [0.2, 0.25) is 0 Å². The molecule has 1 unspecified atom stereocenters. The number of carbonyl (C=O) groups excluding carboxylic acids is 1. The van der Waals surface area contributed by atoms with Gasteiger partial charge in [-0.05, 0) is 56.6 Å². The average molecular weight is 524 g/mol. The zero-order valence-electron chi connectivity index (χ0n) is 21.5. The van der Waals surface area contributed by atoms with E-state index in [1.807, 2.05) is 23.8 Å². The highest BCUT2D eigenvalue weighted by Gasteiger charge is 2.40. The molecule has 200 valence electrons. The van der Waals surface area contributed by atoms with Gasteiger partial charge in [0.1, 0.15) is 18.1 Å². The van der Waals surface area contributed by atoms with Gasteiger partial charge in [-0.2, -0.15) is 4.31 Å². The summed E-state index contributed by atoms with van der Waals surface area (Å²) in [6.45, 7) is 8.41. The number of hydrogen-bond donors (Lipinski definition) is 1. The van der Waals surface area contributed by atoms with Crippen molar-refractivity contribution in [2.75, 3.05) is 72.8 Å². The molecule has 0 aliphatic carbocycles. The molecule has 4 rings (SSSR count). The number of amides is 1. The van der Waals surface area contributed by atoms with Crippen LogP contribution in [0.15, 0.2) is 34.4 Å². The normalized spacial score (nSPS) is 22.5. The minimum absolute atomic E-state index is 0.148. The Hall–Kier alpha value is -2.21. The molecule has 1 aromatic carbocycles. The van der Waals surface area contributed by atoms with E-state index in [9.17, 15) is 17.6 Å². The quantitative estimate of drug-likeness (QED) is 0.528. The number of carbonyl (C=O) groups is 1. The van der Waals surface area contributed by atoms with Gasteiger partial charge in [-0.3, -0.25) is 14.6 Å². The Balaban J connectivity index is 1.68. The summed E-state index contributed by atoms with van der Waals surface area (Å²) in [7, 11) is -1.86. The molecule has 36 heavy (non-hydrogen) atoms. The standard InChI is InChI=1S/C25H38FN5O4S/c1-4-10-30-17-21-23(27-25(32)24(21)28(3)18-30)20-16-19(7-8-22(20)35-5-2)36(33,34)31-12-6-11-29(13-9-26)14-15-31/h7-8,16,23H,4-6,9-15,17-18H2,1-3H3,(H,27,32). The van der Waals surface area contributed by atoms with Gasteiger partial charge in [-0.25, -0.2) is 12.8 Å². The molecule has 0 aromatic heterocycles. The number of benzene rings is 1. The van der Waals surface area contributed by atoms with Crippen LogP contribution < -0.4 is 10.1 Å². The van der Waals surface area contributed by atoms with Crippen LogP contribution in [0.5, 0.6) is 5.75 Å². The Morgan fingerprint density at radius 1 is 1.11 bits per heavy atom. The van der Waals surface area contributed by atoms with Crippen LogP contribution in [-0.4, -0.2) is 106 Å². The van der Waals surface area contributed by atoms with Crippen LogP contribution in [0, 0.1) is 0 Å². The van der Waals surface area contributed by atoms with Crippen molar-refractivity contribution in [2.24, 2.45) is 0 Å². The maximum Gasteiger partial charge on any atom is 0.268 e. The van der Waals surface area contributed by atoms with E-state index in [1.54, 1.807) is 18.2 Å². The lowest BCUT2D eigenvalue weighted by Crippen LogP contribution is -2.43. The molecule has 1 amide bonds. The molecule has 3 aliphatic rings. The molecule has 0 saturated carbocycles. The molecule has 1 aromatic rings. The Kier molecular flexibility index (Phi) is 8.54. The molecular weight excluding hydrogens is 485 g/mol.